The summed E-state index contributed by atoms with van der Waals surface area (Å²) in [5, 5.41) is 0.154. The fourth-order valence-corrected chi connectivity index (χ4v) is 2.41. The van der Waals surface area contributed by atoms with E-state index in [4.69, 9.17) is 16.3 Å². The van der Waals surface area contributed by atoms with E-state index in [0.29, 0.717) is 10.2 Å². The Labute approximate surface area is 108 Å². The van der Waals surface area contributed by atoms with Crippen LogP contribution < -0.4 is 4.74 Å². The molecule has 0 N–H and O–H groups in total. The summed E-state index contributed by atoms with van der Waals surface area (Å²) < 4.78 is 19.2. The summed E-state index contributed by atoms with van der Waals surface area (Å²) in [6.07, 6.45) is 0.941. The van der Waals surface area contributed by atoms with Crippen molar-refractivity contribution in [2.24, 2.45) is 5.41 Å². The van der Waals surface area contributed by atoms with Gasteiger partial charge in [0, 0.05) is 17.2 Å². The third kappa shape index (κ3) is 2.07. The van der Waals surface area contributed by atoms with Gasteiger partial charge in [-0.3, -0.25) is 0 Å². The highest BCUT2D eigenvalue weighted by Gasteiger charge is 2.49. The molecule has 1 aliphatic carbocycles. The van der Waals surface area contributed by atoms with Crippen molar-refractivity contribution in [2.75, 3.05) is 0 Å². The Hall–Kier alpha value is -0.280. The van der Waals surface area contributed by atoms with Gasteiger partial charge in [-0.05, 0) is 34.1 Å². The molecule has 0 bridgehead atoms. The lowest BCUT2D eigenvalue weighted by Gasteiger charge is -2.48. The Balaban J connectivity index is 2.08. The van der Waals surface area contributed by atoms with E-state index in [2.05, 4.69) is 29.8 Å². The highest BCUT2D eigenvalue weighted by molar-refractivity contribution is 9.10. The summed E-state index contributed by atoms with van der Waals surface area (Å²) in [6, 6.07) is 4.67. The first-order valence-electron chi connectivity index (χ1n) is 5.17. The standard InChI is InChI=1S/C12H13BrClFO/c1-12(2)10(14)6-11(12)16-7-3-4-9(15)8(13)5-7/h3-5,10-11H,6H2,1-2H3. The molecule has 2 rings (SSSR count). The molecule has 2 atom stereocenters. The fourth-order valence-electron chi connectivity index (χ4n) is 1.75. The van der Waals surface area contributed by atoms with Crippen LogP contribution in [0.25, 0.3) is 0 Å². The zero-order valence-electron chi connectivity index (χ0n) is 9.14. The van der Waals surface area contributed by atoms with Gasteiger partial charge in [-0.15, -0.1) is 11.6 Å². The van der Waals surface area contributed by atoms with E-state index < -0.39 is 0 Å². The van der Waals surface area contributed by atoms with Crippen LogP contribution in [-0.4, -0.2) is 11.5 Å². The van der Waals surface area contributed by atoms with Crippen LogP contribution in [0.1, 0.15) is 20.3 Å². The number of hydrogen-bond acceptors (Lipinski definition) is 1. The average molecular weight is 308 g/mol. The van der Waals surface area contributed by atoms with Gasteiger partial charge in [0.15, 0.2) is 0 Å². The van der Waals surface area contributed by atoms with Crippen LogP contribution in [0.4, 0.5) is 4.39 Å². The van der Waals surface area contributed by atoms with Gasteiger partial charge in [0.05, 0.1) is 4.47 Å². The van der Waals surface area contributed by atoms with Crippen molar-refractivity contribution < 1.29 is 9.13 Å². The van der Waals surface area contributed by atoms with E-state index in [1.165, 1.54) is 6.07 Å². The van der Waals surface area contributed by atoms with E-state index in [9.17, 15) is 4.39 Å². The smallest absolute Gasteiger partial charge is 0.137 e. The highest BCUT2D eigenvalue weighted by atomic mass is 79.9. The Morgan fingerprint density at radius 1 is 1.50 bits per heavy atom. The van der Waals surface area contributed by atoms with Gasteiger partial charge >= 0.3 is 0 Å². The molecule has 0 radical (unpaired) electrons. The maximum Gasteiger partial charge on any atom is 0.137 e. The summed E-state index contributed by atoms with van der Waals surface area (Å²) in [7, 11) is 0. The molecule has 1 aromatic carbocycles. The predicted octanol–water partition coefficient (Wildman–Crippen LogP) is 4.37. The number of halogens is 3. The van der Waals surface area contributed by atoms with Gasteiger partial charge in [0.25, 0.3) is 0 Å². The second-order valence-electron chi connectivity index (χ2n) is 4.71. The third-order valence-electron chi connectivity index (χ3n) is 3.23. The first-order valence-corrected chi connectivity index (χ1v) is 6.40. The van der Waals surface area contributed by atoms with Gasteiger partial charge in [-0.2, -0.15) is 0 Å². The molecule has 0 heterocycles. The van der Waals surface area contributed by atoms with Crippen molar-refractivity contribution in [3.63, 3.8) is 0 Å². The van der Waals surface area contributed by atoms with Crippen LogP contribution in [-0.2, 0) is 0 Å². The maximum atomic E-state index is 13.0. The molecular formula is C12H13BrClFO. The van der Waals surface area contributed by atoms with Crippen LogP contribution in [0.5, 0.6) is 5.75 Å². The Kier molecular flexibility index (Phi) is 3.19. The van der Waals surface area contributed by atoms with Crippen LogP contribution in [0.2, 0.25) is 0 Å². The molecule has 88 valence electrons. The lowest BCUT2D eigenvalue weighted by Crippen LogP contribution is -2.53. The molecule has 1 nitrogen and oxygen atoms in total. The number of alkyl halides is 1. The van der Waals surface area contributed by atoms with Gasteiger partial charge in [0.2, 0.25) is 0 Å². The lowest BCUT2D eigenvalue weighted by atomic mass is 9.68. The largest absolute Gasteiger partial charge is 0.490 e. The molecule has 1 fully saturated rings. The minimum Gasteiger partial charge on any atom is -0.490 e. The summed E-state index contributed by atoms with van der Waals surface area (Å²) >= 11 is 9.24. The van der Waals surface area contributed by atoms with Gasteiger partial charge < -0.3 is 4.74 Å². The molecule has 0 spiro atoms. The Morgan fingerprint density at radius 3 is 2.69 bits per heavy atom. The van der Waals surface area contributed by atoms with Crippen LogP contribution in [0, 0.1) is 11.2 Å². The van der Waals surface area contributed by atoms with E-state index in [-0.39, 0.29) is 22.7 Å². The Bertz CT molecular complexity index is 408. The van der Waals surface area contributed by atoms with Gasteiger partial charge in [0.1, 0.15) is 17.7 Å². The monoisotopic (exact) mass is 306 g/mol. The van der Waals surface area contributed by atoms with E-state index >= 15 is 0 Å². The zero-order chi connectivity index (χ0) is 11.9. The average Bonchev–Trinajstić information content (AvgIpc) is 2.23. The first-order chi connectivity index (χ1) is 7.41. The quantitative estimate of drug-likeness (QED) is 0.737. The number of rotatable bonds is 2. The Morgan fingerprint density at radius 2 is 2.19 bits per heavy atom. The van der Waals surface area contributed by atoms with E-state index in [0.717, 1.165) is 6.42 Å². The molecule has 1 saturated carbocycles. The molecular weight excluding hydrogens is 294 g/mol. The lowest BCUT2D eigenvalue weighted by molar-refractivity contribution is -0.0131. The van der Waals surface area contributed by atoms with Crippen molar-refractivity contribution in [1.29, 1.82) is 0 Å². The third-order valence-corrected chi connectivity index (χ3v) is 4.58. The van der Waals surface area contributed by atoms with Crippen LogP contribution >= 0.6 is 27.5 Å². The summed E-state index contributed by atoms with van der Waals surface area (Å²) in [6.45, 7) is 4.16. The molecule has 2 unspecified atom stereocenters. The van der Waals surface area contributed by atoms with Gasteiger partial charge in [-0.25, -0.2) is 4.39 Å². The molecule has 4 heteroatoms. The van der Waals surface area contributed by atoms with Crippen molar-refractivity contribution >= 4 is 27.5 Å². The van der Waals surface area contributed by atoms with Crippen LogP contribution in [0.15, 0.2) is 22.7 Å². The normalized spacial score (nSPS) is 27.3. The predicted molar refractivity (Wildman–Crippen MR) is 66.6 cm³/mol. The molecule has 0 saturated heterocycles. The number of ether oxygens (including phenoxy) is 1. The number of benzene rings is 1. The first kappa shape index (κ1) is 12.2. The van der Waals surface area contributed by atoms with Crippen LogP contribution in [0.3, 0.4) is 0 Å². The summed E-state index contributed by atoms with van der Waals surface area (Å²) in [4.78, 5) is 0. The zero-order valence-corrected chi connectivity index (χ0v) is 11.5. The molecule has 0 aliphatic heterocycles. The minimum absolute atomic E-state index is 0.0254. The molecule has 0 aromatic heterocycles. The van der Waals surface area contributed by atoms with Crippen molar-refractivity contribution in [1.82, 2.24) is 0 Å². The molecule has 1 aromatic rings. The van der Waals surface area contributed by atoms with Gasteiger partial charge in [-0.1, -0.05) is 13.8 Å². The topological polar surface area (TPSA) is 9.23 Å². The number of hydrogen-bond donors (Lipinski definition) is 0. The second-order valence-corrected chi connectivity index (χ2v) is 6.09. The van der Waals surface area contributed by atoms with Crippen molar-refractivity contribution in [2.45, 2.75) is 31.7 Å². The minimum atomic E-state index is -0.282. The summed E-state index contributed by atoms with van der Waals surface area (Å²) in [5.74, 6) is 0.394. The van der Waals surface area contributed by atoms with E-state index in [1.807, 2.05) is 0 Å². The maximum absolute atomic E-state index is 13.0. The van der Waals surface area contributed by atoms with Crippen molar-refractivity contribution in [3.8, 4) is 5.75 Å². The summed E-state index contributed by atoms with van der Waals surface area (Å²) in [5.41, 5.74) is -0.0254. The van der Waals surface area contributed by atoms with E-state index in [1.54, 1.807) is 12.1 Å². The molecule has 1 aliphatic rings. The molecule has 16 heavy (non-hydrogen) atoms. The highest BCUT2D eigenvalue weighted by Crippen LogP contribution is 2.46. The second kappa shape index (κ2) is 4.19. The molecule has 0 amide bonds. The van der Waals surface area contributed by atoms with Crippen molar-refractivity contribution in [3.05, 3.63) is 28.5 Å². The SMILES string of the molecule is CC1(C)C(Cl)CC1Oc1ccc(F)c(Br)c1. The fraction of sp³-hybridized carbons (Fsp3) is 0.500.